The molecule has 0 unspecified atom stereocenters. The molecule has 7 heteroatoms. The first-order valence-electron chi connectivity index (χ1n) is 5.67. The Bertz CT molecular complexity index is 568. The lowest BCUT2D eigenvalue weighted by Crippen LogP contribution is -2.19. The zero-order chi connectivity index (χ0) is 13.8. The van der Waals surface area contributed by atoms with Crippen molar-refractivity contribution in [3.8, 4) is 0 Å². The number of nitro groups is 1. The van der Waals surface area contributed by atoms with Gasteiger partial charge in [0.05, 0.1) is 17.4 Å². The summed E-state index contributed by atoms with van der Waals surface area (Å²) in [5.74, 6) is 0.901. The Morgan fingerprint density at radius 2 is 2.26 bits per heavy atom. The van der Waals surface area contributed by atoms with Crippen molar-refractivity contribution >= 4 is 17.3 Å². The van der Waals surface area contributed by atoms with Crippen LogP contribution in [-0.2, 0) is 6.54 Å². The standard InChI is InChI=1S/C12H14N4O3/c1-13-11-4-3-10(16(17)18)12(14-11)15(2)7-9-5-6-19-8-9/h3-6,8H,7H2,1-2H3,(H,13,14). The molecule has 2 aromatic heterocycles. The highest BCUT2D eigenvalue weighted by Crippen LogP contribution is 2.27. The normalized spacial score (nSPS) is 10.2. The summed E-state index contributed by atoms with van der Waals surface area (Å²) >= 11 is 0. The molecule has 0 bridgehead atoms. The van der Waals surface area contributed by atoms with E-state index in [0.717, 1.165) is 5.56 Å². The lowest BCUT2D eigenvalue weighted by Gasteiger charge is -2.17. The Hall–Kier alpha value is -2.57. The Morgan fingerprint density at radius 1 is 1.47 bits per heavy atom. The van der Waals surface area contributed by atoms with Gasteiger partial charge >= 0.3 is 5.69 Å². The van der Waals surface area contributed by atoms with E-state index >= 15 is 0 Å². The van der Waals surface area contributed by atoms with Gasteiger partial charge in [-0.3, -0.25) is 10.1 Å². The maximum atomic E-state index is 11.0. The summed E-state index contributed by atoms with van der Waals surface area (Å²) in [5.41, 5.74) is 0.901. The number of anilines is 2. The minimum absolute atomic E-state index is 0.0232. The SMILES string of the molecule is CNc1ccc([N+](=O)[O-])c(N(C)Cc2ccoc2)n1. The predicted octanol–water partition coefficient (Wildman–Crippen LogP) is 2.26. The van der Waals surface area contributed by atoms with Crippen LogP contribution in [0.4, 0.5) is 17.3 Å². The molecule has 2 rings (SSSR count). The molecule has 7 nitrogen and oxygen atoms in total. The number of aromatic nitrogens is 1. The summed E-state index contributed by atoms with van der Waals surface area (Å²) in [5, 5.41) is 13.9. The first-order valence-corrected chi connectivity index (χ1v) is 5.67. The van der Waals surface area contributed by atoms with Crippen molar-refractivity contribution in [1.29, 1.82) is 0 Å². The Morgan fingerprint density at radius 3 is 2.84 bits per heavy atom. The fraction of sp³-hybridized carbons (Fsp3) is 0.250. The van der Waals surface area contributed by atoms with Crippen molar-refractivity contribution < 1.29 is 9.34 Å². The molecule has 0 atom stereocenters. The number of hydrogen-bond acceptors (Lipinski definition) is 6. The second kappa shape index (κ2) is 5.38. The molecule has 100 valence electrons. The van der Waals surface area contributed by atoms with Crippen LogP contribution in [0.5, 0.6) is 0 Å². The van der Waals surface area contributed by atoms with Gasteiger partial charge in [0, 0.05) is 32.3 Å². The van der Waals surface area contributed by atoms with Gasteiger partial charge in [-0.25, -0.2) is 4.98 Å². The minimum atomic E-state index is -0.437. The molecule has 0 amide bonds. The molecule has 19 heavy (non-hydrogen) atoms. The van der Waals surface area contributed by atoms with E-state index in [1.54, 1.807) is 37.6 Å². The highest BCUT2D eigenvalue weighted by atomic mass is 16.6. The van der Waals surface area contributed by atoms with Gasteiger partial charge in [-0.15, -0.1) is 0 Å². The molecule has 0 saturated heterocycles. The van der Waals surface area contributed by atoms with Crippen LogP contribution in [0.3, 0.4) is 0 Å². The number of hydrogen-bond donors (Lipinski definition) is 1. The summed E-state index contributed by atoms with van der Waals surface area (Å²) in [6.45, 7) is 0.484. The average Bonchev–Trinajstić information content (AvgIpc) is 2.90. The summed E-state index contributed by atoms with van der Waals surface area (Å²) in [6.07, 6.45) is 3.17. The smallest absolute Gasteiger partial charge is 0.311 e. The molecule has 2 aromatic rings. The van der Waals surface area contributed by atoms with Crippen LogP contribution in [0, 0.1) is 10.1 Å². The van der Waals surface area contributed by atoms with E-state index in [9.17, 15) is 10.1 Å². The molecular formula is C12H14N4O3. The Kier molecular flexibility index (Phi) is 3.65. The molecule has 0 spiro atoms. The van der Waals surface area contributed by atoms with Crippen LogP contribution in [0.1, 0.15) is 5.56 Å². The van der Waals surface area contributed by atoms with Gasteiger partial charge in [0.15, 0.2) is 0 Å². The molecule has 0 aliphatic heterocycles. The number of nitrogens with zero attached hydrogens (tertiary/aromatic N) is 3. The minimum Gasteiger partial charge on any atom is -0.472 e. The molecular weight excluding hydrogens is 248 g/mol. The summed E-state index contributed by atoms with van der Waals surface area (Å²) in [6, 6.07) is 4.83. The van der Waals surface area contributed by atoms with Crippen molar-refractivity contribution in [1.82, 2.24) is 4.98 Å². The van der Waals surface area contributed by atoms with Crippen LogP contribution < -0.4 is 10.2 Å². The van der Waals surface area contributed by atoms with E-state index < -0.39 is 4.92 Å². The topological polar surface area (TPSA) is 84.4 Å². The first kappa shape index (κ1) is 12.9. The summed E-state index contributed by atoms with van der Waals surface area (Å²) in [4.78, 5) is 16.5. The summed E-state index contributed by atoms with van der Waals surface area (Å²) in [7, 11) is 3.47. The van der Waals surface area contributed by atoms with Crippen molar-refractivity contribution in [2.45, 2.75) is 6.54 Å². The van der Waals surface area contributed by atoms with E-state index in [-0.39, 0.29) is 5.69 Å². The average molecular weight is 262 g/mol. The van der Waals surface area contributed by atoms with E-state index in [1.165, 1.54) is 6.07 Å². The molecule has 1 N–H and O–H groups in total. The quantitative estimate of drug-likeness (QED) is 0.657. The largest absolute Gasteiger partial charge is 0.472 e. The van der Waals surface area contributed by atoms with Gasteiger partial charge in [-0.1, -0.05) is 0 Å². The third-order valence-corrected chi connectivity index (χ3v) is 2.67. The highest BCUT2D eigenvalue weighted by molar-refractivity contribution is 5.61. The third-order valence-electron chi connectivity index (χ3n) is 2.67. The van der Waals surface area contributed by atoms with Crippen molar-refractivity contribution in [3.63, 3.8) is 0 Å². The Balaban J connectivity index is 2.32. The predicted molar refractivity (Wildman–Crippen MR) is 71.3 cm³/mol. The van der Waals surface area contributed by atoms with Gasteiger partial charge in [-0.2, -0.15) is 0 Å². The van der Waals surface area contributed by atoms with Gasteiger partial charge < -0.3 is 14.6 Å². The summed E-state index contributed by atoms with van der Waals surface area (Å²) < 4.78 is 4.98. The lowest BCUT2D eigenvalue weighted by molar-refractivity contribution is -0.384. The van der Waals surface area contributed by atoms with E-state index in [4.69, 9.17) is 4.42 Å². The molecule has 0 aliphatic carbocycles. The molecule has 0 radical (unpaired) electrons. The molecule has 0 aromatic carbocycles. The molecule has 0 fully saturated rings. The lowest BCUT2D eigenvalue weighted by atomic mass is 10.3. The van der Waals surface area contributed by atoms with Gasteiger partial charge in [0.1, 0.15) is 5.82 Å². The van der Waals surface area contributed by atoms with Crippen molar-refractivity contribution in [3.05, 3.63) is 46.4 Å². The monoisotopic (exact) mass is 262 g/mol. The maximum Gasteiger partial charge on any atom is 0.311 e. The van der Waals surface area contributed by atoms with E-state index in [2.05, 4.69) is 10.3 Å². The zero-order valence-electron chi connectivity index (χ0n) is 10.7. The van der Waals surface area contributed by atoms with Gasteiger partial charge in [0.2, 0.25) is 5.82 Å². The molecule has 0 saturated carbocycles. The van der Waals surface area contributed by atoms with Crippen LogP contribution in [0.2, 0.25) is 0 Å². The maximum absolute atomic E-state index is 11.0. The van der Waals surface area contributed by atoms with Crippen LogP contribution in [0.15, 0.2) is 35.1 Å². The van der Waals surface area contributed by atoms with Crippen molar-refractivity contribution in [2.24, 2.45) is 0 Å². The van der Waals surface area contributed by atoms with Gasteiger partial charge in [0.25, 0.3) is 0 Å². The fourth-order valence-electron chi connectivity index (χ4n) is 1.74. The zero-order valence-corrected chi connectivity index (χ0v) is 10.7. The fourth-order valence-corrected chi connectivity index (χ4v) is 1.74. The van der Waals surface area contributed by atoms with Crippen LogP contribution in [0.25, 0.3) is 0 Å². The van der Waals surface area contributed by atoms with Crippen molar-refractivity contribution in [2.75, 3.05) is 24.3 Å². The van der Waals surface area contributed by atoms with Crippen LogP contribution in [-0.4, -0.2) is 24.0 Å². The highest BCUT2D eigenvalue weighted by Gasteiger charge is 2.19. The molecule has 2 heterocycles. The number of rotatable bonds is 5. The number of nitrogens with one attached hydrogen (secondary N) is 1. The number of pyridine rings is 1. The number of furan rings is 1. The second-order valence-electron chi connectivity index (χ2n) is 4.03. The van der Waals surface area contributed by atoms with Crippen LogP contribution >= 0.6 is 0 Å². The van der Waals surface area contributed by atoms with E-state index in [0.29, 0.717) is 18.2 Å². The molecule has 0 aliphatic rings. The third kappa shape index (κ3) is 2.82. The Labute approximate surface area is 110 Å². The first-order chi connectivity index (χ1) is 9.11. The van der Waals surface area contributed by atoms with E-state index in [1.807, 2.05) is 6.07 Å². The van der Waals surface area contributed by atoms with Gasteiger partial charge in [-0.05, 0) is 12.1 Å². The second-order valence-corrected chi connectivity index (χ2v) is 4.03.